The number of phenols is 1. The molecule has 2 aliphatic rings. The fourth-order valence-electron chi connectivity index (χ4n) is 5.14. The van der Waals surface area contributed by atoms with Crippen LogP contribution in [0.3, 0.4) is 0 Å². The first-order valence-corrected chi connectivity index (χ1v) is 13.4. The molecule has 4 N–H and O–H groups in total. The number of benzene rings is 2. The van der Waals surface area contributed by atoms with Crippen LogP contribution in [0.25, 0.3) is 0 Å². The van der Waals surface area contributed by atoms with E-state index in [0.29, 0.717) is 29.6 Å². The minimum Gasteiger partial charge on any atom is -0.505 e. The third-order valence-electron chi connectivity index (χ3n) is 7.20. The van der Waals surface area contributed by atoms with Crippen LogP contribution in [0.4, 0.5) is 27.9 Å². The van der Waals surface area contributed by atoms with Gasteiger partial charge in [-0.3, -0.25) is 4.90 Å². The van der Waals surface area contributed by atoms with Crippen LogP contribution in [0.1, 0.15) is 56.9 Å². The molecule has 37 heavy (non-hydrogen) atoms. The van der Waals surface area contributed by atoms with Gasteiger partial charge in [0.15, 0.2) is 11.6 Å². The molecule has 8 nitrogen and oxygen atoms in total. The smallest absolute Gasteiger partial charge is 0.233 e. The van der Waals surface area contributed by atoms with E-state index in [0.717, 1.165) is 45.3 Å². The van der Waals surface area contributed by atoms with Crippen LogP contribution in [0, 0.1) is 5.82 Å². The Kier molecular flexibility index (Phi) is 8.30. The monoisotopic (exact) mass is 505 g/mol. The van der Waals surface area contributed by atoms with E-state index in [-0.39, 0.29) is 6.04 Å². The van der Waals surface area contributed by atoms with E-state index >= 15 is 0 Å². The van der Waals surface area contributed by atoms with E-state index < -0.39 is 11.6 Å². The summed E-state index contributed by atoms with van der Waals surface area (Å²) in [4.78, 5) is 16.3. The quantitative estimate of drug-likeness (QED) is 0.230. The van der Waals surface area contributed by atoms with Crippen molar-refractivity contribution in [3.8, 4) is 5.75 Å². The minimum absolute atomic E-state index is 0.263. The number of likely N-dealkylation sites (tertiary alicyclic amines) is 1. The van der Waals surface area contributed by atoms with Crippen LogP contribution in [0.15, 0.2) is 48.5 Å². The van der Waals surface area contributed by atoms with Gasteiger partial charge >= 0.3 is 0 Å². The standard InChI is InChI=1S/C28H36FN7O/c29-24-18-23(12-13-25(24)37)32-28-34-26(30-21-10-6-1-2-7-11-21)33-27(35-28)31-22-14-16-36(17-15-22)19-20-8-4-3-5-9-20/h3-5,8-9,12-13,18,21-22,37H,1-2,6-7,10-11,14-17,19H2,(H3,30,31,32,33,34,35). The fraction of sp³-hybridized carbons (Fsp3) is 0.464. The summed E-state index contributed by atoms with van der Waals surface area (Å²) in [5.74, 6) is 0.275. The summed E-state index contributed by atoms with van der Waals surface area (Å²) in [6, 6.07) is 15.3. The Morgan fingerprint density at radius 3 is 2.05 bits per heavy atom. The van der Waals surface area contributed by atoms with Crippen LogP contribution in [-0.2, 0) is 6.54 Å². The molecule has 0 amide bonds. The lowest BCUT2D eigenvalue weighted by Crippen LogP contribution is -2.39. The third kappa shape index (κ3) is 7.29. The lowest BCUT2D eigenvalue weighted by atomic mass is 10.0. The van der Waals surface area contributed by atoms with Gasteiger partial charge in [-0.2, -0.15) is 15.0 Å². The lowest BCUT2D eigenvalue weighted by molar-refractivity contribution is 0.211. The van der Waals surface area contributed by atoms with Crippen LogP contribution < -0.4 is 16.0 Å². The van der Waals surface area contributed by atoms with Gasteiger partial charge in [0.05, 0.1) is 0 Å². The molecule has 196 valence electrons. The first kappa shape index (κ1) is 25.2. The summed E-state index contributed by atoms with van der Waals surface area (Å²) in [6.45, 7) is 2.97. The zero-order valence-electron chi connectivity index (χ0n) is 21.2. The van der Waals surface area contributed by atoms with Crippen molar-refractivity contribution in [2.24, 2.45) is 0 Å². The number of halogens is 1. The van der Waals surface area contributed by atoms with Crippen LogP contribution >= 0.6 is 0 Å². The summed E-state index contributed by atoms with van der Waals surface area (Å²) in [5, 5.41) is 19.6. The van der Waals surface area contributed by atoms with Crippen molar-refractivity contribution >= 4 is 23.5 Å². The molecular formula is C28H36FN7O. The van der Waals surface area contributed by atoms with Crippen molar-refractivity contribution in [1.29, 1.82) is 0 Å². The molecule has 5 rings (SSSR count). The number of anilines is 4. The Morgan fingerprint density at radius 2 is 1.41 bits per heavy atom. The highest BCUT2D eigenvalue weighted by molar-refractivity contribution is 5.57. The van der Waals surface area contributed by atoms with E-state index in [2.05, 4.69) is 61.2 Å². The maximum Gasteiger partial charge on any atom is 0.233 e. The van der Waals surface area contributed by atoms with Gasteiger partial charge in [0, 0.05) is 43.5 Å². The molecule has 1 saturated heterocycles. The molecule has 0 spiro atoms. The second kappa shape index (κ2) is 12.2. The molecule has 1 saturated carbocycles. The van der Waals surface area contributed by atoms with Gasteiger partial charge in [0.25, 0.3) is 0 Å². The Balaban J connectivity index is 1.27. The van der Waals surface area contributed by atoms with Gasteiger partial charge in [-0.05, 0) is 43.4 Å². The molecule has 0 unspecified atom stereocenters. The second-order valence-corrected chi connectivity index (χ2v) is 10.1. The second-order valence-electron chi connectivity index (χ2n) is 10.1. The minimum atomic E-state index is -0.698. The SMILES string of the molecule is Oc1ccc(Nc2nc(NC3CCCCCC3)nc(NC3CCN(Cc4ccccc4)CC3)n2)cc1F. The van der Waals surface area contributed by atoms with Crippen molar-refractivity contribution in [2.75, 3.05) is 29.0 Å². The largest absolute Gasteiger partial charge is 0.505 e. The maximum absolute atomic E-state index is 13.9. The van der Waals surface area contributed by atoms with Gasteiger partial charge in [0.1, 0.15) is 0 Å². The van der Waals surface area contributed by atoms with E-state index in [1.165, 1.54) is 43.4 Å². The highest BCUT2D eigenvalue weighted by atomic mass is 19.1. The number of nitrogens with one attached hydrogen (secondary N) is 3. The number of hydrogen-bond acceptors (Lipinski definition) is 8. The number of nitrogens with zero attached hydrogens (tertiary/aromatic N) is 4. The number of rotatable bonds is 8. The summed E-state index contributed by atoms with van der Waals surface area (Å²) >= 11 is 0. The Hall–Kier alpha value is -3.46. The molecule has 0 bridgehead atoms. The van der Waals surface area contributed by atoms with Gasteiger partial charge in [-0.15, -0.1) is 0 Å². The van der Waals surface area contributed by atoms with E-state index in [1.54, 1.807) is 6.07 Å². The zero-order chi connectivity index (χ0) is 25.5. The van der Waals surface area contributed by atoms with Gasteiger partial charge in [0.2, 0.25) is 17.8 Å². The van der Waals surface area contributed by atoms with Gasteiger partial charge in [-0.1, -0.05) is 56.0 Å². The van der Waals surface area contributed by atoms with Crippen LogP contribution in [0.5, 0.6) is 5.75 Å². The molecule has 2 heterocycles. The summed E-state index contributed by atoms with van der Waals surface area (Å²) in [5.41, 5.74) is 1.80. The Morgan fingerprint density at radius 1 is 0.784 bits per heavy atom. The van der Waals surface area contributed by atoms with Crippen LogP contribution in [-0.4, -0.2) is 50.1 Å². The number of phenolic OH excluding ortho intramolecular Hbond substituents is 1. The maximum atomic E-state index is 13.9. The van der Waals surface area contributed by atoms with Gasteiger partial charge in [-0.25, -0.2) is 4.39 Å². The topological polar surface area (TPSA) is 98.2 Å². The predicted octanol–water partition coefficient (Wildman–Crippen LogP) is 5.67. The molecule has 2 aromatic carbocycles. The first-order chi connectivity index (χ1) is 18.1. The molecule has 3 aromatic rings. The average molecular weight is 506 g/mol. The number of piperidine rings is 1. The Bertz CT molecular complexity index is 1150. The highest BCUT2D eigenvalue weighted by Gasteiger charge is 2.21. The van der Waals surface area contributed by atoms with Gasteiger partial charge < -0.3 is 21.1 Å². The van der Waals surface area contributed by atoms with E-state index in [4.69, 9.17) is 4.98 Å². The summed E-state index contributed by atoms with van der Waals surface area (Å²) < 4.78 is 13.9. The number of aromatic hydroxyl groups is 1. The lowest BCUT2D eigenvalue weighted by Gasteiger charge is -2.32. The van der Waals surface area contributed by atoms with Crippen molar-refractivity contribution in [3.63, 3.8) is 0 Å². The van der Waals surface area contributed by atoms with Crippen molar-refractivity contribution in [2.45, 2.75) is 70.0 Å². The highest BCUT2D eigenvalue weighted by Crippen LogP contribution is 2.25. The Labute approximate surface area is 217 Å². The molecule has 2 fully saturated rings. The summed E-state index contributed by atoms with van der Waals surface area (Å²) in [7, 11) is 0. The normalized spacial score (nSPS) is 17.8. The van der Waals surface area contributed by atoms with E-state index in [1.807, 2.05) is 0 Å². The number of hydrogen-bond donors (Lipinski definition) is 4. The molecule has 0 radical (unpaired) electrons. The van der Waals surface area contributed by atoms with Crippen molar-refractivity contribution in [1.82, 2.24) is 19.9 Å². The molecule has 1 aliphatic carbocycles. The number of aromatic nitrogens is 3. The van der Waals surface area contributed by atoms with Crippen LogP contribution in [0.2, 0.25) is 0 Å². The average Bonchev–Trinajstić information content (AvgIpc) is 3.17. The molecule has 1 aliphatic heterocycles. The zero-order valence-corrected chi connectivity index (χ0v) is 21.2. The fourth-order valence-corrected chi connectivity index (χ4v) is 5.14. The van der Waals surface area contributed by atoms with Crippen molar-refractivity contribution < 1.29 is 9.50 Å². The third-order valence-corrected chi connectivity index (χ3v) is 7.20. The van der Waals surface area contributed by atoms with Crippen molar-refractivity contribution in [3.05, 3.63) is 59.9 Å². The molecule has 9 heteroatoms. The molecular weight excluding hydrogens is 469 g/mol. The first-order valence-electron chi connectivity index (χ1n) is 13.4. The predicted molar refractivity (Wildman–Crippen MR) is 145 cm³/mol. The molecule has 0 atom stereocenters. The molecule has 1 aromatic heterocycles. The van der Waals surface area contributed by atoms with E-state index in [9.17, 15) is 9.50 Å². The summed E-state index contributed by atoms with van der Waals surface area (Å²) in [6.07, 6.45) is 9.13.